The Morgan fingerprint density at radius 3 is 2.59 bits per heavy atom. The van der Waals surface area contributed by atoms with E-state index in [-0.39, 0.29) is 5.78 Å². The van der Waals surface area contributed by atoms with Gasteiger partial charge in [0.1, 0.15) is 0 Å². The van der Waals surface area contributed by atoms with E-state index in [0.717, 1.165) is 18.4 Å². The third-order valence-corrected chi connectivity index (χ3v) is 3.45. The van der Waals surface area contributed by atoms with Crippen LogP contribution in [-0.4, -0.2) is 5.78 Å². The van der Waals surface area contributed by atoms with Gasteiger partial charge in [-0.15, -0.1) is 0 Å². The summed E-state index contributed by atoms with van der Waals surface area (Å²) < 4.78 is 0. The molecule has 1 aliphatic rings. The molecule has 0 saturated carbocycles. The van der Waals surface area contributed by atoms with Crippen LogP contribution >= 0.6 is 0 Å². The second-order valence-corrected chi connectivity index (χ2v) is 4.98. The molecule has 0 fully saturated rings. The van der Waals surface area contributed by atoms with Gasteiger partial charge in [0.15, 0.2) is 5.78 Å². The molecule has 0 aromatic heterocycles. The first kappa shape index (κ1) is 14.2. The quantitative estimate of drug-likeness (QED) is 0.434. The monoisotopic (exact) mass is 234 g/mol. The van der Waals surface area contributed by atoms with Gasteiger partial charge >= 0.3 is 0 Å². The fourth-order valence-corrected chi connectivity index (χ4v) is 2.34. The molecule has 0 aromatic carbocycles. The summed E-state index contributed by atoms with van der Waals surface area (Å²) in [6.45, 7) is 4.43. The summed E-state index contributed by atoms with van der Waals surface area (Å²) in [6.07, 6.45) is 15.8. The van der Waals surface area contributed by atoms with Crippen LogP contribution in [0.15, 0.2) is 23.8 Å². The molecule has 1 aliphatic carbocycles. The minimum absolute atomic E-state index is 0.251. The van der Waals surface area contributed by atoms with E-state index in [9.17, 15) is 4.79 Å². The van der Waals surface area contributed by atoms with Crippen LogP contribution in [-0.2, 0) is 4.79 Å². The van der Waals surface area contributed by atoms with Crippen molar-refractivity contribution in [2.75, 3.05) is 0 Å². The third kappa shape index (κ3) is 4.89. The molecule has 0 N–H and O–H groups in total. The van der Waals surface area contributed by atoms with Gasteiger partial charge in [-0.1, -0.05) is 58.1 Å². The maximum atomic E-state index is 11.7. The second-order valence-electron chi connectivity index (χ2n) is 4.98. The molecule has 17 heavy (non-hydrogen) atoms. The van der Waals surface area contributed by atoms with Crippen molar-refractivity contribution in [1.82, 2.24) is 0 Å². The maximum absolute atomic E-state index is 11.7. The van der Waals surface area contributed by atoms with E-state index in [4.69, 9.17) is 0 Å². The standard InChI is InChI=1S/C16H26O/c1-3-5-7-8-9-11-15-14(10-6-4-2)12-13-16(15)17/h11-14H,3-10H2,1-2H3/b15-11-. The lowest BCUT2D eigenvalue weighted by molar-refractivity contribution is -0.111. The molecule has 1 unspecified atom stereocenters. The van der Waals surface area contributed by atoms with E-state index in [1.165, 1.54) is 38.5 Å². The highest BCUT2D eigenvalue weighted by Gasteiger charge is 2.21. The third-order valence-electron chi connectivity index (χ3n) is 3.45. The van der Waals surface area contributed by atoms with Gasteiger partial charge in [0.05, 0.1) is 0 Å². The fraction of sp³-hybridized carbons (Fsp3) is 0.688. The zero-order valence-corrected chi connectivity index (χ0v) is 11.4. The summed E-state index contributed by atoms with van der Waals surface area (Å²) in [5.74, 6) is 0.662. The van der Waals surface area contributed by atoms with E-state index in [1.54, 1.807) is 6.08 Å². The highest BCUT2D eigenvalue weighted by Crippen LogP contribution is 2.27. The smallest absolute Gasteiger partial charge is 0.181 e. The van der Waals surface area contributed by atoms with E-state index in [2.05, 4.69) is 26.0 Å². The van der Waals surface area contributed by atoms with Crippen LogP contribution < -0.4 is 0 Å². The SMILES string of the molecule is CCCCCC/C=C1\C(=O)C=CC1CCCC. The number of hydrogen-bond acceptors (Lipinski definition) is 1. The molecule has 0 bridgehead atoms. The summed E-state index contributed by atoms with van der Waals surface area (Å²) in [5.41, 5.74) is 1.06. The zero-order chi connectivity index (χ0) is 12.5. The van der Waals surface area contributed by atoms with Crippen LogP contribution in [0.2, 0.25) is 0 Å². The van der Waals surface area contributed by atoms with Crippen molar-refractivity contribution in [2.45, 2.75) is 65.2 Å². The lowest BCUT2D eigenvalue weighted by atomic mass is 9.95. The van der Waals surface area contributed by atoms with Gasteiger partial charge in [-0.25, -0.2) is 0 Å². The van der Waals surface area contributed by atoms with Crippen LogP contribution in [0.25, 0.3) is 0 Å². The van der Waals surface area contributed by atoms with Crippen molar-refractivity contribution in [3.05, 3.63) is 23.8 Å². The lowest BCUT2D eigenvalue weighted by Gasteiger charge is -2.09. The van der Waals surface area contributed by atoms with Crippen LogP contribution in [0.4, 0.5) is 0 Å². The Bertz CT molecular complexity index is 286. The molecule has 0 saturated heterocycles. The molecule has 1 atom stereocenters. The van der Waals surface area contributed by atoms with Gasteiger partial charge in [-0.05, 0) is 25.3 Å². The van der Waals surface area contributed by atoms with Gasteiger partial charge in [0, 0.05) is 11.5 Å². The predicted molar refractivity (Wildman–Crippen MR) is 74.0 cm³/mol. The normalized spacial score (nSPS) is 21.6. The fourth-order valence-electron chi connectivity index (χ4n) is 2.34. The van der Waals surface area contributed by atoms with Crippen molar-refractivity contribution in [3.63, 3.8) is 0 Å². The summed E-state index contributed by atoms with van der Waals surface area (Å²) in [5, 5.41) is 0. The first-order valence-electron chi connectivity index (χ1n) is 7.22. The van der Waals surface area contributed by atoms with E-state index >= 15 is 0 Å². The first-order chi connectivity index (χ1) is 8.29. The Labute approximate surface area is 106 Å². The van der Waals surface area contributed by atoms with Gasteiger partial charge < -0.3 is 0 Å². The van der Waals surface area contributed by atoms with Crippen LogP contribution in [0.5, 0.6) is 0 Å². The summed E-state index contributed by atoms with van der Waals surface area (Å²) in [7, 11) is 0. The van der Waals surface area contributed by atoms with Crippen molar-refractivity contribution in [2.24, 2.45) is 5.92 Å². The Morgan fingerprint density at radius 2 is 1.88 bits per heavy atom. The van der Waals surface area contributed by atoms with Crippen LogP contribution in [0.1, 0.15) is 65.2 Å². The summed E-state index contributed by atoms with van der Waals surface area (Å²) in [4.78, 5) is 11.7. The molecule has 0 radical (unpaired) electrons. The van der Waals surface area contributed by atoms with E-state index in [0.29, 0.717) is 5.92 Å². The molecular weight excluding hydrogens is 208 g/mol. The van der Waals surface area contributed by atoms with E-state index in [1.807, 2.05) is 0 Å². The van der Waals surface area contributed by atoms with Crippen LogP contribution in [0.3, 0.4) is 0 Å². The average Bonchev–Trinajstić information content (AvgIpc) is 2.68. The number of carbonyl (C=O) groups is 1. The van der Waals surface area contributed by atoms with Crippen molar-refractivity contribution < 1.29 is 4.79 Å². The molecule has 0 spiro atoms. The molecular formula is C16H26O. The molecule has 0 heterocycles. The zero-order valence-electron chi connectivity index (χ0n) is 11.4. The molecule has 0 aliphatic heterocycles. The van der Waals surface area contributed by atoms with E-state index < -0.39 is 0 Å². The Hall–Kier alpha value is -0.850. The number of ketones is 1. The van der Waals surface area contributed by atoms with Crippen molar-refractivity contribution >= 4 is 5.78 Å². The van der Waals surface area contributed by atoms with Gasteiger partial charge in [0.25, 0.3) is 0 Å². The number of carbonyl (C=O) groups excluding carboxylic acids is 1. The molecule has 96 valence electrons. The Kier molecular flexibility index (Phi) is 6.91. The van der Waals surface area contributed by atoms with Gasteiger partial charge in [-0.3, -0.25) is 4.79 Å². The topological polar surface area (TPSA) is 17.1 Å². The van der Waals surface area contributed by atoms with Gasteiger partial charge in [0.2, 0.25) is 0 Å². The second kappa shape index (κ2) is 8.27. The highest BCUT2D eigenvalue weighted by atomic mass is 16.1. The number of unbranched alkanes of at least 4 members (excludes halogenated alkanes) is 5. The molecule has 1 rings (SSSR count). The predicted octanol–water partition coefficient (Wildman–Crippen LogP) is 4.83. The molecule has 0 amide bonds. The van der Waals surface area contributed by atoms with Crippen molar-refractivity contribution in [1.29, 1.82) is 0 Å². The first-order valence-corrected chi connectivity index (χ1v) is 7.22. The summed E-state index contributed by atoms with van der Waals surface area (Å²) in [6, 6.07) is 0. The minimum Gasteiger partial charge on any atom is -0.290 e. The van der Waals surface area contributed by atoms with Gasteiger partial charge in [-0.2, -0.15) is 0 Å². The highest BCUT2D eigenvalue weighted by molar-refractivity contribution is 6.07. The molecule has 1 nitrogen and oxygen atoms in total. The maximum Gasteiger partial charge on any atom is 0.181 e. The average molecular weight is 234 g/mol. The lowest BCUT2D eigenvalue weighted by Crippen LogP contribution is -2.03. The van der Waals surface area contributed by atoms with Crippen LogP contribution in [0, 0.1) is 5.92 Å². The molecule has 0 aromatic rings. The summed E-state index contributed by atoms with van der Waals surface area (Å²) >= 11 is 0. The number of rotatable bonds is 8. The molecule has 1 heteroatoms. The Balaban J connectivity index is 2.37. The van der Waals surface area contributed by atoms with Crippen molar-refractivity contribution in [3.8, 4) is 0 Å². The largest absolute Gasteiger partial charge is 0.290 e. The minimum atomic E-state index is 0.251. The Morgan fingerprint density at radius 1 is 1.12 bits per heavy atom. The number of hydrogen-bond donors (Lipinski definition) is 0. The number of allylic oxidation sites excluding steroid dienone is 4.